The number of benzene rings is 1. The van der Waals surface area contributed by atoms with E-state index in [4.69, 9.17) is 10.9 Å². The largest absolute Gasteiger partial charge is 0.399 e. The summed E-state index contributed by atoms with van der Waals surface area (Å²) in [4.78, 5) is 0. The van der Waals surface area contributed by atoms with E-state index in [2.05, 4.69) is 0 Å². The SMILES string of the molecule is CC(c1cccc(N)c1)N(C)S(N)(=O)=O. The van der Waals surface area contributed by atoms with Gasteiger partial charge in [0, 0.05) is 18.8 Å². The number of rotatable bonds is 3. The Morgan fingerprint density at radius 1 is 1.40 bits per heavy atom. The molecule has 0 saturated carbocycles. The molecule has 0 radical (unpaired) electrons. The fourth-order valence-electron chi connectivity index (χ4n) is 1.25. The summed E-state index contributed by atoms with van der Waals surface area (Å²) in [6.45, 7) is 1.75. The van der Waals surface area contributed by atoms with Crippen LogP contribution in [-0.4, -0.2) is 19.8 Å². The molecular weight excluding hydrogens is 214 g/mol. The highest BCUT2D eigenvalue weighted by molar-refractivity contribution is 7.86. The van der Waals surface area contributed by atoms with Crippen LogP contribution >= 0.6 is 0 Å². The summed E-state index contributed by atoms with van der Waals surface area (Å²) in [5, 5.41) is 5.02. The normalized spacial score (nSPS) is 14.1. The quantitative estimate of drug-likeness (QED) is 0.738. The molecule has 0 bridgehead atoms. The number of anilines is 1. The second-order valence-electron chi connectivity index (χ2n) is 3.41. The Morgan fingerprint density at radius 2 is 2.00 bits per heavy atom. The smallest absolute Gasteiger partial charge is 0.277 e. The monoisotopic (exact) mass is 229 g/mol. The highest BCUT2D eigenvalue weighted by Crippen LogP contribution is 2.21. The minimum Gasteiger partial charge on any atom is -0.399 e. The van der Waals surface area contributed by atoms with E-state index in [-0.39, 0.29) is 6.04 Å². The van der Waals surface area contributed by atoms with Crippen molar-refractivity contribution >= 4 is 15.9 Å². The third-order valence-electron chi connectivity index (χ3n) is 2.34. The minimum absolute atomic E-state index is 0.330. The highest BCUT2D eigenvalue weighted by Gasteiger charge is 2.20. The lowest BCUT2D eigenvalue weighted by atomic mass is 10.1. The summed E-state index contributed by atoms with van der Waals surface area (Å²) in [7, 11) is -2.24. The van der Waals surface area contributed by atoms with Gasteiger partial charge in [-0.2, -0.15) is 12.7 Å². The van der Waals surface area contributed by atoms with E-state index in [0.29, 0.717) is 5.69 Å². The second-order valence-corrected chi connectivity index (χ2v) is 5.01. The van der Waals surface area contributed by atoms with Gasteiger partial charge in [0.25, 0.3) is 10.2 Å². The first-order valence-corrected chi connectivity index (χ1v) is 5.94. The molecule has 1 unspecified atom stereocenters. The number of nitrogens with two attached hydrogens (primary N) is 2. The zero-order valence-corrected chi connectivity index (χ0v) is 9.53. The summed E-state index contributed by atoms with van der Waals surface area (Å²) < 4.78 is 23.3. The van der Waals surface area contributed by atoms with Crippen molar-refractivity contribution < 1.29 is 8.42 Å². The molecule has 0 aliphatic rings. The first-order valence-electron chi connectivity index (χ1n) is 4.43. The third kappa shape index (κ3) is 2.92. The van der Waals surface area contributed by atoms with E-state index >= 15 is 0 Å². The van der Waals surface area contributed by atoms with Gasteiger partial charge in [-0.15, -0.1) is 0 Å². The van der Waals surface area contributed by atoms with Crippen LogP contribution in [0.1, 0.15) is 18.5 Å². The van der Waals surface area contributed by atoms with E-state index in [9.17, 15) is 8.42 Å². The molecule has 0 heterocycles. The molecule has 84 valence electrons. The number of nitrogen functional groups attached to an aromatic ring is 1. The Balaban J connectivity index is 3.00. The molecule has 1 aromatic carbocycles. The van der Waals surface area contributed by atoms with Crippen molar-refractivity contribution in [1.29, 1.82) is 0 Å². The molecule has 0 aliphatic carbocycles. The molecule has 0 fully saturated rings. The van der Waals surface area contributed by atoms with Crippen LogP contribution < -0.4 is 10.9 Å². The molecule has 5 nitrogen and oxygen atoms in total. The van der Waals surface area contributed by atoms with Crippen LogP contribution in [0.25, 0.3) is 0 Å². The van der Waals surface area contributed by atoms with Crippen LogP contribution in [0.2, 0.25) is 0 Å². The van der Waals surface area contributed by atoms with Crippen LogP contribution in [0.5, 0.6) is 0 Å². The first kappa shape index (κ1) is 12.0. The van der Waals surface area contributed by atoms with E-state index in [1.807, 2.05) is 6.07 Å². The minimum atomic E-state index is -3.67. The van der Waals surface area contributed by atoms with Crippen LogP contribution in [-0.2, 0) is 10.2 Å². The van der Waals surface area contributed by atoms with Crippen molar-refractivity contribution in [2.45, 2.75) is 13.0 Å². The van der Waals surface area contributed by atoms with Crippen molar-refractivity contribution in [3.8, 4) is 0 Å². The molecule has 0 aliphatic heterocycles. The summed E-state index contributed by atoms with van der Waals surface area (Å²) in [6, 6.07) is 6.73. The molecule has 4 N–H and O–H groups in total. The van der Waals surface area contributed by atoms with Crippen molar-refractivity contribution in [3.05, 3.63) is 29.8 Å². The molecule has 0 spiro atoms. The fraction of sp³-hybridized carbons (Fsp3) is 0.333. The van der Waals surface area contributed by atoms with Gasteiger partial charge in [-0.25, -0.2) is 5.14 Å². The Hall–Kier alpha value is -1.11. The maximum Gasteiger partial charge on any atom is 0.277 e. The summed E-state index contributed by atoms with van der Waals surface area (Å²) in [5.41, 5.74) is 7.02. The molecule has 1 rings (SSSR count). The predicted octanol–water partition coefficient (Wildman–Crippen LogP) is 0.465. The number of hydrogen-bond acceptors (Lipinski definition) is 3. The maximum absolute atomic E-state index is 11.1. The average Bonchev–Trinajstić information content (AvgIpc) is 2.14. The van der Waals surface area contributed by atoms with Gasteiger partial charge in [-0.3, -0.25) is 0 Å². The molecule has 0 saturated heterocycles. The number of hydrogen-bond donors (Lipinski definition) is 2. The van der Waals surface area contributed by atoms with E-state index in [1.165, 1.54) is 7.05 Å². The molecule has 0 aromatic heterocycles. The zero-order chi connectivity index (χ0) is 11.6. The zero-order valence-electron chi connectivity index (χ0n) is 8.71. The van der Waals surface area contributed by atoms with Crippen molar-refractivity contribution in [2.75, 3.05) is 12.8 Å². The number of nitrogens with zero attached hydrogens (tertiary/aromatic N) is 1. The molecule has 1 aromatic rings. The molecule has 6 heteroatoms. The molecule has 0 amide bonds. The van der Waals surface area contributed by atoms with Crippen molar-refractivity contribution in [2.24, 2.45) is 5.14 Å². The Bertz CT molecular complexity index is 444. The van der Waals surface area contributed by atoms with Gasteiger partial charge < -0.3 is 5.73 Å². The Labute approximate surface area is 89.9 Å². The average molecular weight is 229 g/mol. The first-order chi connectivity index (χ1) is 6.82. The highest BCUT2D eigenvalue weighted by atomic mass is 32.2. The van der Waals surface area contributed by atoms with Gasteiger partial charge in [-0.1, -0.05) is 12.1 Å². The van der Waals surface area contributed by atoms with Gasteiger partial charge in [0.1, 0.15) is 0 Å². The summed E-state index contributed by atoms with van der Waals surface area (Å²) in [6.07, 6.45) is 0. The molecular formula is C9H15N3O2S. The van der Waals surface area contributed by atoms with Crippen molar-refractivity contribution in [1.82, 2.24) is 4.31 Å². The summed E-state index contributed by atoms with van der Waals surface area (Å²) in [5.74, 6) is 0. The summed E-state index contributed by atoms with van der Waals surface area (Å²) >= 11 is 0. The van der Waals surface area contributed by atoms with E-state index in [1.54, 1.807) is 25.1 Å². The third-order valence-corrected chi connectivity index (χ3v) is 3.46. The molecule has 1 atom stereocenters. The van der Waals surface area contributed by atoms with Crippen LogP contribution in [0.4, 0.5) is 5.69 Å². The fourth-order valence-corrected chi connectivity index (χ4v) is 1.81. The van der Waals surface area contributed by atoms with Crippen molar-refractivity contribution in [3.63, 3.8) is 0 Å². The van der Waals surface area contributed by atoms with E-state index in [0.717, 1.165) is 9.87 Å². The topological polar surface area (TPSA) is 89.4 Å². The standard InChI is InChI=1S/C9H15N3O2S/c1-7(12(2)15(11,13)14)8-4-3-5-9(10)6-8/h3-7H,10H2,1-2H3,(H2,11,13,14). The second kappa shape index (κ2) is 4.18. The van der Waals surface area contributed by atoms with Crippen LogP contribution in [0.3, 0.4) is 0 Å². The van der Waals surface area contributed by atoms with Crippen LogP contribution in [0, 0.1) is 0 Å². The van der Waals surface area contributed by atoms with Crippen LogP contribution in [0.15, 0.2) is 24.3 Å². The lowest BCUT2D eigenvalue weighted by Gasteiger charge is -2.22. The van der Waals surface area contributed by atoms with E-state index < -0.39 is 10.2 Å². The van der Waals surface area contributed by atoms with Gasteiger partial charge in [-0.05, 0) is 24.6 Å². The molecule has 15 heavy (non-hydrogen) atoms. The van der Waals surface area contributed by atoms with Gasteiger partial charge in [0.2, 0.25) is 0 Å². The van der Waals surface area contributed by atoms with Gasteiger partial charge >= 0.3 is 0 Å². The van der Waals surface area contributed by atoms with Gasteiger partial charge in [0.05, 0.1) is 0 Å². The predicted molar refractivity (Wildman–Crippen MR) is 60.1 cm³/mol. The van der Waals surface area contributed by atoms with Gasteiger partial charge in [0.15, 0.2) is 0 Å². The maximum atomic E-state index is 11.1. The lowest BCUT2D eigenvalue weighted by Crippen LogP contribution is -2.35. The lowest BCUT2D eigenvalue weighted by molar-refractivity contribution is 0.399. The Morgan fingerprint density at radius 3 is 2.47 bits per heavy atom. The Kier molecular flexibility index (Phi) is 3.33.